The molecule has 0 amide bonds. The Hall–Kier alpha value is -2.70. The Morgan fingerprint density at radius 2 is 1.77 bits per heavy atom. The summed E-state index contributed by atoms with van der Waals surface area (Å²) in [6.45, 7) is 6.61. The largest absolute Gasteiger partial charge is 0.497 e. The van der Waals surface area contributed by atoms with Gasteiger partial charge in [0.1, 0.15) is 18.5 Å². The monoisotopic (exact) mass is 426 g/mol. The van der Waals surface area contributed by atoms with Gasteiger partial charge >= 0.3 is 0 Å². The van der Waals surface area contributed by atoms with Crippen LogP contribution in [0.15, 0.2) is 48.5 Å². The maximum atomic E-state index is 10.6. The van der Waals surface area contributed by atoms with Crippen molar-refractivity contribution in [3.63, 3.8) is 0 Å². The van der Waals surface area contributed by atoms with Crippen LogP contribution in [0.2, 0.25) is 0 Å². The van der Waals surface area contributed by atoms with Crippen LogP contribution in [0, 0.1) is 0 Å². The van der Waals surface area contributed by atoms with E-state index in [1.165, 1.54) is 5.69 Å². The second-order valence-corrected chi connectivity index (χ2v) is 7.71. The van der Waals surface area contributed by atoms with E-state index in [2.05, 4.69) is 21.9 Å². The van der Waals surface area contributed by atoms with E-state index in [1.807, 2.05) is 49.4 Å². The number of anilines is 1. The second-order valence-electron chi connectivity index (χ2n) is 7.71. The number of hydrogen-bond donors (Lipinski definition) is 1. The molecule has 1 saturated heterocycles. The highest BCUT2D eigenvalue weighted by Gasteiger charge is 2.18. The van der Waals surface area contributed by atoms with Gasteiger partial charge in [0.25, 0.3) is 0 Å². The zero-order valence-electron chi connectivity index (χ0n) is 18.8. The topological polar surface area (TPSA) is 54.4 Å². The van der Waals surface area contributed by atoms with Crippen molar-refractivity contribution in [3.05, 3.63) is 54.1 Å². The molecule has 1 atom stereocenters. The van der Waals surface area contributed by atoms with Gasteiger partial charge in [0.15, 0.2) is 11.5 Å². The van der Waals surface area contributed by atoms with E-state index in [0.29, 0.717) is 18.0 Å². The van der Waals surface area contributed by atoms with Gasteiger partial charge in [-0.1, -0.05) is 18.2 Å². The number of aliphatic hydroxyl groups is 1. The van der Waals surface area contributed by atoms with Gasteiger partial charge in [0, 0.05) is 31.9 Å². The number of methoxy groups -OCH3 is 2. The van der Waals surface area contributed by atoms with E-state index in [-0.39, 0.29) is 6.61 Å². The number of aliphatic hydroxyl groups excluding tert-OH is 1. The van der Waals surface area contributed by atoms with E-state index in [4.69, 9.17) is 14.2 Å². The molecule has 0 spiro atoms. The van der Waals surface area contributed by atoms with Crippen molar-refractivity contribution in [2.75, 3.05) is 58.5 Å². The third-order valence-electron chi connectivity index (χ3n) is 5.47. The van der Waals surface area contributed by atoms with Crippen LogP contribution in [0.3, 0.4) is 0 Å². The third-order valence-corrected chi connectivity index (χ3v) is 5.47. The lowest BCUT2D eigenvalue weighted by atomic mass is 10.2. The Kier molecular flexibility index (Phi) is 8.62. The summed E-state index contributed by atoms with van der Waals surface area (Å²) in [5.41, 5.74) is 2.26. The summed E-state index contributed by atoms with van der Waals surface area (Å²) in [5, 5.41) is 10.6. The van der Waals surface area contributed by atoms with Crippen molar-refractivity contribution in [1.29, 1.82) is 0 Å². The maximum absolute atomic E-state index is 10.6. The van der Waals surface area contributed by atoms with Gasteiger partial charge < -0.3 is 24.2 Å². The Bertz CT molecular complexity index is 838. The van der Waals surface area contributed by atoms with Gasteiger partial charge in [0.2, 0.25) is 0 Å². The zero-order chi connectivity index (χ0) is 22.1. The molecule has 0 aromatic heterocycles. The first-order chi connectivity index (χ1) is 15.1. The van der Waals surface area contributed by atoms with E-state index in [9.17, 15) is 5.11 Å². The lowest BCUT2D eigenvalue weighted by Gasteiger charge is -2.25. The fourth-order valence-electron chi connectivity index (χ4n) is 3.84. The SMILES string of the molecule is CC=Cc1ccc(OCC(O)CN2CCCN(c3ccc(OC)cc3)CC2)c(OC)c1. The zero-order valence-corrected chi connectivity index (χ0v) is 18.8. The first-order valence-corrected chi connectivity index (χ1v) is 10.9. The van der Waals surface area contributed by atoms with Crippen LogP contribution in [0.5, 0.6) is 17.2 Å². The molecule has 168 valence electrons. The molecule has 31 heavy (non-hydrogen) atoms. The Balaban J connectivity index is 1.49. The minimum atomic E-state index is -0.563. The van der Waals surface area contributed by atoms with Gasteiger partial charge in [-0.15, -0.1) is 0 Å². The van der Waals surface area contributed by atoms with Gasteiger partial charge in [-0.3, -0.25) is 4.90 Å². The summed E-state index contributed by atoms with van der Waals surface area (Å²) in [6.07, 6.45) is 4.48. The molecule has 1 heterocycles. The molecule has 1 unspecified atom stereocenters. The number of ether oxygens (including phenoxy) is 3. The van der Waals surface area contributed by atoms with Crippen LogP contribution < -0.4 is 19.1 Å². The van der Waals surface area contributed by atoms with E-state index in [1.54, 1.807) is 14.2 Å². The van der Waals surface area contributed by atoms with Crippen molar-refractivity contribution in [2.24, 2.45) is 0 Å². The normalized spacial score (nSPS) is 16.2. The van der Waals surface area contributed by atoms with Crippen LogP contribution >= 0.6 is 0 Å². The van der Waals surface area contributed by atoms with Crippen molar-refractivity contribution in [1.82, 2.24) is 4.90 Å². The molecular formula is C25H34N2O4. The number of β-amino-alcohol motifs (C(OH)–C–C–N with tert-alkyl or cyclic N) is 1. The molecule has 0 aliphatic carbocycles. The molecular weight excluding hydrogens is 392 g/mol. The molecule has 2 aromatic carbocycles. The minimum absolute atomic E-state index is 0.234. The van der Waals surface area contributed by atoms with Gasteiger partial charge in [0.05, 0.1) is 14.2 Å². The molecule has 1 aliphatic rings. The number of allylic oxidation sites excluding steroid dienone is 1. The Labute approximate surface area is 185 Å². The summed E-state index contributed by atoms with van der Waals surface area (Å²) in [6, 6.07) is 14.0. The molecule has 0 radical (unpaired) electrons. The van der Waals surface area contributed by atoms with Crippen molar-refractivity contribution >= 4 is 11.8 Å². The smallest absolute Gasteiger partial charge is 0.161 e. The Morgan fingerprint density at radius 3 is 2.48 bits per heavy atom. The second kappa shape index (κ2) is 11.6. The summed E-state index contributed by atoms with van der Waals surface area (Å²) >= 11 is 0. The summed E-state index contributed by atoms with van der Waals surface area (Å²) in [4.78, 5) is 4.70. The first-order valence-electron chi connectivity index (χ1n) is 10.9. The molecule has 2 aromatic rings. The number of rotatable bonds is 9. The number of nitrogens with zero attached hydrogens (tertiary/aromatic N) is 2. The van der Waals surface area contributed by atoms with Crippen LogP contribution in [0.4, 0.5) is 5.69 Å². The van der Waals surface area contributed by atoms with Gasteiger partial charge in [-0.25, -0.2) is 0 Å². The average molecular weight is 427 g/mol. The molecule has 0 saturated carbocycles. The maximum Gasteiger partial charge on any atom is 0.161 e. The number of benzene rings is 2. The van der Waals surface area contributed by atoms with Crippen LogP contribution in [0.1, 0.15) is 18.9 Å². The number of hydrogen-bond acceptors (Lipinski definition) is 6. The lowest BCUT2D eigenvalue weighted by Crippen LogP contribution is -2.38. The van der Waals surface area contributed by atoms with Crippen molar-refractivity contribution in [2.45, 2.75) is 19.4 Å². The van der Waals surface area contributed by atoms with Crippen LogP contribution in [-0.4, -0.2) is 69.7 Å². The molecule has 0 bridgehead atoms. The molecule has 1 fully saturated rings. The minimum Gasteiger partial charge on any atom is -0.497 e. The predicted octanol–water partition coefficient (Wildman–Crippen LogP) is 3.69. The third kappa shape index (κ3) is 6.64. The van der Waals surface area contributed by atoms with Gasteiger partial charge in [-0.2, -0.15) is 0 Å². The Morgan fingerprint density at radius 1 is 0.968 bits per heavy atom. The first kappa shape index (κ1) is 23.0. The summed E-state index contributed by atoms with van der Waals surface area (Å²) in [5.74, 6) is 2.19. The van der Waals surface area contributed by atoms with Crippen molar-refractivity contribution in [3.8, 4) is 17.2 Å². The molecule has 6 nitrogen and oxygen atoms in total. The molecule has 6 heteroatoms. The van der Waals surface area contributed by atoms with Crippen molar-refractivity contribution < 1.29 is 19.3 Å². The van der Waals surface area contributed by atoms with Crippen LogP contribution in [-0.2, 0) is 0 Å². The summed E-state index contributed by atoms with van der Waals surface area (Å²) < 4.78 is 16.5. The van der Waals surface area contributed by atoms with E-state index < -0.39 is 6.10 Å². The highest BCUT2D eigenvalue weighted by molar-refractivity contribution is 5.55. The van der Waals surface area contributed by atoms with E-state index >= 15 is 0 Å². The molecule has 3 rings (SSSR count). The fourth-order valence-corrected chi connectivity index (χ4v) is 3.84. The fraction of sp³-hybridized carbons (Fsp3) is 0.440. The summed E-state index contributed by atoms with van der Waals surface area (Å²) in [7, 11) is 3.31. The van der Waals surface area contributed by atoms with Crippen LogP contribution in [0.25, 0.3) is 6.08 Å². The van der Waals surface area contributed by atoms with Gasteiger partial charge in [-0.05, 0) is 61.9 Å². The predicted molar refractivity (Wildman–Crippen MR) is 125 cm³/mol. The highest BCUT2D eigenvalue weighted by atomic mass is 16.5. The standard InChI is InChI=1S/C25H34N2O4/c1-4-6-20-7-12-24(25(17-20)30-3)31-19-22(28)18-26-13-5-14-27(16-15-26)21-8-10-23(29-2)11-9-21/h4,6-12,17,22,28H,5,13-16,18-19H2,1-3H3. The molecule has 1 aliphatic heterocycles. The quantitative estimate of drug-likeness (QED) is 0.660. The average Bonchev–Trinajstić information content (AvgIpc) is 3.04. The molecule has 1 N–H and O–H groups in total. The van der Waals surface area contributed by atoms with E-state index in [0.717, 1.165) is 43.9 Å². The highest BCUT2D eigenvalue weighted by Crippen LogP contribution is 2.28. The lowest BCUT2D eigenvalue weighted by molar-refractivity contribution is 0.0694.